The van der Waals surface area contributed by atoms with Crippen LogP contribution in [0.25, 0.3) is 0 Å². The molecule has 1 saturated heterocycles. The van der Waals surface area contributed by atoms with Crippen molar-refractivity contribution in [2.75, 3.05) is 18.9 Å². The lowest BCUT2D eigenvalue weighted by Gasteiger charge is -2.24. The molecule has 1 aliphatic rings. The minimum absolute atomic E-state index is 0.0401. The van der Waals surface area contributed by atoms with Gasteiger partial charge in [0.05, 0.1) is 30.7 Å². The molecular formula is C18H25N5O2. The molecule has 2 aromatic heterocycles. The summed E-state index contributed by atoms with van der Waals surface area (Å²) in [4.78, 5) is 4.32. The van der Waals surface area contributed by atoms with Crippen LogP contribution in [0, 0.1) is 11.3 Å². The van der Waals surface area contributed by atoms with Crippen LogP contribution in [0.5, 0.6) is 5.88 Å². The summed E-state index contributed by atoms with van der Waals surface area (Å²) in [6.45, 7) is 6.43. The topological polar surface area (TPSA) is 99.0 Å². The van der Waals surface area contributed by atoms with E-state index < -0.39 is 0 Å². The molecule has 0 amide bonds. The Morgan fingerprint density at radius 2 is 2.20 bits per heavy atom. The van der Waals surface area contributed by atoms with Gasteiger partial charge in [0.1, 0.15) is 6.10 Å². The second-order valence-corrected chi connectivity index (χ2v) is 6.73. The first-order valence-corrected chi connectivity index (χ1v) is 8.65. The van der Waals surface area contributed by atoms with Gasteiger partial charge >= 0.3 is 0 Å². The van der Waals surface area contributed by atoms with Crippen molar-refractivity contribution in [3.63, 3.8) is 0 Å². The average Bonchev–Trinajstić information content (AvgIpc) is 3.03. The lowest BCUT2D eigenvalue weighted by molar-refractivity contribution is 0.0237. The summed E-state index contributed by atoms with van der Waals surface area (Å²) in [6, 6.07) is 1.69. The second kappa shape index (κ2) is 7.65. The molecule has 2 aromatic rings. The van der Waals surface area contributed by atoms with Gasteiger partial charge < -0.3 is 15.2 Å². The molecule has 0 atom stereocenters. The highest BCUT2D eigenvalue weighted by Gasteiger charge is 2.22. The Morgan fingerprint density at radius 1 is 1.44 bits per heavy atom. The minimum atomic E-state index is 0.0401. The molecule has 3 N–H and O–H groups in total. The van der Waals surface area contributed by atoms with Gasteiger partial charge in [-0.25, -0.2) is 4.98 Å². The molecule has 1 aliphatic heterocycles. The molecule has 1 fully saturated rings. The maximum absolute atomic E-state index is 8.59. The Labute approximate surface area is 147 Å². The molecule has 134 valence electrons. The fraction of sp³-hybridized carbons (Fsp3) is 0.500. The summed E-state index contributed by atoms with van der Waals surface area (Å²) in [7, 11) is 0. The molecule has 3 rings (SSSR count). The van der Waals surface area contributed by atoms with E-state index in [4.69, 9.17) is 20.6 Å². The van der Waals surface area contributed by atoms with Crippen LogP contribution < -0.4 is 10.5 Å². The zero-order valence-electron chi connectivity index (χ0n) is 14.7. The molecule has 3 heterocycles. The molecule has 7 nitrogen and oxygen atoms in total. The number of nitrogen functional groups attached to an aromatic ring is 1. The number of rotatable bonds is 6. The summed E-state index contributed by atoms with van der Waals surface area (Å²) in [5, 5.41) is 12.9. The first-order chi connectivity index (χ1) is 12.0. The third-order valence-corrected chi connectivity index (χ3v) is 4.12. The molecular weight excluding hydrogens is 318 g/mol. The zero-order valence-corrected chi connectivity index (χ0v) is 14.7. The van der Waals surface area contributed by atoms with E-state index >= 15 is 0 Å². The van der Waals surface area contributed by atoms with Crippen LogP contribution in [0.1, 0.15) is 37.8 Å². The highest BCUT2D eigenvalue weighted by molar-refractivity contribution is 6.15. The van der Waals surface area contributed by atoms with Gasteiger partial charge in [-0.3, -0.25) is 10.1 Å². The number of ether oxygens (including phenoxy) is 2. The van der Waals surface area contributed by atoms with Gasteiger partial charge in [-0.05, 0) is 12.0 Å². The highest BCUT2D eigenvalue weighted by Crippen LogP contribution is 2.27. The molecule has 25 heavy (non-hydrogen) atoms. The minimum Gasteiger partial charge on any atom is -0.474 e. The van der Waals surface area contributed by atoms with Crippen molar-refractivity contribution in [1.82, 2.24) is 14.8 Å². The maximum atomic E-state index is 8.59. The summed E-state index contributed by atoms with van der Waals surface area (Å²) < 4.78 is 13.3. The van der Waals surface area contributed by atoms with Gasteiger partial charge in [-0.1, -0.05) is 13.8 Å². The van der Waals surface area contributed by atoms with Gasteiger partial charge in [0, 0.05) is 43.0 Å². The van der Waals surface area contributed by atoms with Crippen LogP contribution in [-0.2, 0) is 11.3 Å². The van der Waals surface area contributed by atoms with Crippen LogP contribution in [-0.4, -0.2) is 39.8 Å². The van der Waals surface area contributed by atoms with Crippen LogP contribution >= 0.6 is 0 Å². The van der Waals surface area contributed by atoms with Gasteiger partial charge in [-0.2, -0.15) is 5.10 Å². The lowest BCUT2D eigenvalue weighted by atomic mass is 10.0. The average molecular weight is 343 g/mol. The van der Waals surface area contributed by atoms with Crippen molar-refractivity contribution in [3.8, 4) is 5.88 Å². The lowest BCUT2D eigenvalue weighted by Crippen LogP contribution is -2.27. The van der Waals surface area contributed by atoms with E-state index in [1.807, 2.05) is 10.9 Å². The Morgan fingerprint density at radius 3 is 2.92 bits per heavy atom. The predicted molar refractivity (Wildman–Crippen MR) is 96.1 cm³/mol. The van der Waals surface area contributed by atoms with Gasteiger partial charge in [0.15, 0.2) is 0 Å². The zero-order chi connectivity index (χ0) is 17.8. The van der Waals surface area contributed by atoms with E-state index in [1.165, 1.54) is 0 Å². The van der Waals surface area contributed by atoms with Gasteiger partial charge in [0.2, 0.25) is 5.88 Å². The van der Waals surface area contributed by atoms with Crippen molar-refractivity contribution < 1.29 is 9.47 Å². The summed E-state index contributed by atoms with van der Waals surface area (Å²) in [6.07, 6.45) is 6.84. The van der Waals surface area contributed by atoms with Crippen LogP contribution in [0.4, 0.5) is 5.69 Å². The number of aromatic nitrogens is 3. The normalized spacial score (nSPS) is 15.5. The van der Waals surface area contributed by atoms with Crippen molar-refractivity contribution in [2.45, 2.75) is 39.3 Å². The Kier molecular flexibility index (Phi) is 5.33. The number of nitrogens with one attached hydrogen (secondary N) is 1. The predicted octanol–water partition coefficient (Wildman–Crippen LogP) is 2.49. The fourth-order valence-electron chi connectivity index (χ4n) is 2.86. The molecule has 0 saturated carbocycles. The summed E-state index contributed by atoms with van der Waals surface area (Å²) in [5.74, 6) is 0.895. The maximum Gasteiger partial charge on any atom is 0.225 e. The quantitative estimate of drug-likeness (QED) is 0.785. The number of nitrogens with zero attached hydrogens (tertiary/aromatic N) is 3. The Bertz CT molecular complexity index is 735. The van der Waals surface area contributed by atoms with E-state index in [0.29, 0.717) is 41.8 Å². The van der Waals surface area contributed by atoms with Crippen LogP contribution in [0.15, 0.2) is 24.7 Å². The van der Waals surface area contributed by atoms with Crippen molar-refractivity contribution in [3.05, 3.63) is 35.8 Å². The van der Waals surface area contributed by atoms with E-state index in [1.54, 1.807) is 18.5 Å². The first kappa shape index (κ1) is 17.4. The SMILES string of the molecule is CC(C)Cn1cc(C(=N)c2c(N)ccnc2OC2CCOCC2)cn1. The van der Waals surface area contributed by atoms with Crippen LogP contribution in [0.3, 0.4) is 0 Å². The number of pyridine rings is 1. The third-order valence-electron chi connectivity index (χ3n) is 4.12. The number of hydrogen-bond acceptors (Lipinski definition) is 6. The standard InChI is InChI=1S/C18H25N5O2/c1-12(2)10-23-11-13(9-22-23)17(20)16-15(19)3-6-21-18(16)25-14-4-7-24-8-5-14/h3,6,9,11-12,14,20H,4-5,7-8,10H2,1-2H3,(H2,19,21). The smallest absolute Gasteiger partial charge is 0.225 e. The second-order valence-electron chi connectivity index (χ2n) is 6.73. The third kappa shape index (κ3) is 4.17. The largest absolute Gasteiger partial charge is 0.474 e. The van der Waals surface area contributed by atoms with E-state index in [2.05, 4.69) is 23.9 Å². The monoisotopic (exact) mass is 343 g/mol. The van der Waals surface area contributed by atoms with Crippen molar-refractivity contribution >= 4 is 11.4 Å². The number of hydrogen-bond donors (Lipinski definition) is 2. The Balaban J connectivity index is 1.84. The number of nitrogens with two attached hydrogens (primary N) is 1. The number of anilines is 1. The summed E-state index contributed by atoms with van der Waals surface area (Å²) >= 11 is 0. The fourth-order valence-corrected chi connectivity index (χ4v) is 2.86. The van der Waals surface area contributed by atoms with Gasteiger partial charge in [-0.15, -0.1) is 0 Å². The van der Waals surface area contributed by atoms with Gasteiger partial charge in [0.25, 0.3) is 0 Å². The molecule has 0 bridgehead atoms. The molecule has 0 radical (unpaired) electrons. The Hall–Kier alpha value is -2.41. The molecule has 0 spiro atoms. The first-order valence-electron chi connectivity index (χ1n) is 8.65. The van der Waals surface area contributed by atoms with E-state index in [-0.39, 0.29) is 11.8 Å². The van der Waals surface area contributed by atoms with E-state index in [0.717, 1.165) is 19.4 Å². The molecule has 0 aromatic carbocycles. The summed E-state index contributed by atoms with van der Waals surface area (Å²) in [5.41, 5.74) is 8.14. The van der Waals surface area contributed by atoms with E-state index in [9.17, 15) is 0 Å². The van der Waals surface area contributed by atoms with Crippen LogP contribution in [0.2, 0.25) is 0 Å². The molecule has 0 unspecified atom stereocenters. The van der Waals surface area contributed by atoms with Crippen molar-refractivity contribution in [2.24, 2.45) is 5.92 Å². The molecule has 0 aliphatic carbocycles. The highest BCUT2D eigenvalue weighted by atomic mass is 16.5. The van der Waals surface area contributed by atoms with Crippen molar-refractivity contribution in [1.29, 1.82) is 5.41 Å². The molecule has 7 heteroatoms.